The van der Waals surface area contributed by atoms with Crippen LogP contribution in [0.3, 0.4) is 0 Å². The lowest BCUT2D eigenvalue weighted by Gasteiger charge is -2.34. The molecular weight excluding hydrogens is 216 g/mol. The summed E-state index contributed by atoms with van der Waals surface area (Å²) in [6.45, 7) is 2.25. The van der Waals surface area contributed by atoms with Crippen LogP contribution in [-0.4, -0.2) is 32.7 Å². The average Bonchev–Trinajstić information content (AvgIpc) is 2.21. The third-order valence-corrected chi connectivity index (χ3v) is 4.13. The second kappa shape index (κ2) is 4.78. The molecule has 3 N–H and O–H groups in total. The van der Waals surface area contributed by atoms with E-state index in [4.69, 9.17) is 0 Å². The molecule has 1 aliphatic rings. The summed E-state index contributed by atoms with van der Waals surface area (Å²) in [5.74, 6) is 0.631. The summed E-state index contributed by atoms with van der Waals surface area (Å²) in [5.41, 5.74) is -0.865. The first-order valence-corrected chi connectivity index (χ1v) is 6.76. The van der Waals surface area contributed by atoms with Gasteiger partial charge in [-0.2, -0.15) is 13.1 Å². The molecule has 0 atom stereocenters. The molecule has 0 amide bonds. The lowest BCUT2D eigenvalue weighted by Crippen LogP contribution is -2.47. The van der Waals surface area contributed by atoms with E-state index in [2.05, 4.69) is 16.4 Å². The van der Waals surface area contributed by atoms with E-state index in [1.165, 1.54) is 7.05 Å². The van der Waals surface area contributed by atoms with Gasteiger partial charge in [-0.05, 0) is 31.6 Å². The summed E-state index contributed by atoms with van der Waals surface area (Å²) in [5, 5.41) is 10.1. The quantitative estimate of drug-likeness (QED) is 0.642. The van der Waals surface area contributed by atoms with Crippen LogP contribution in [0, 0.1) is 5.92 Å². The van der Waals surface area contributed by atoms with Crippen LogP contribution in [0.15, 0.2) is 0 Å². The second-order valence-corrected chi connectivity index (χ2v) is 6.14. The van der Waals surface area contributed by atoms with Crippen LogP contribution >= 0.6 is 0 Å². The molecule has 0 aromatic carbocycles. The fourth-order valence-corrected chi connectivity index (χ4v) is 2.38. The summed E-state index contributed by atoms with van der Waals surface area (Å²) < 4.78 is 26.7. The van der Waals surface area contributed by atoms with Crippen LogP contribution < -0.4 is 9.44 Å². The van der Waals surface area contributed by atoms with E-state index in [-0.39, 0.29) is 6.54 Å². The predicted octanol–water partition coefficient (Wildman–Crippen LogP) is -0.0186. The lowest BCUT2D eigenvalue weighted by molar-refractivity contribution is -0.00187. The van der Waals surface area contributed by atoms with E-state index < -0.39 is 15.8 Å². The largest absolute Gasteiger partial charge is 0.389 e. The van der Waals surface area contributed by atoms with Gasteiger partial charge in [0.15, 0.2) is 0 Å². The van der Waals surface area contributed by atoms with Crippen molar-refractivity contribution in [3.05, 3.63) is 0 Å². The molecule has 0 saturated heterocycles. The molecule has 5 nitrogen and oxygen atoms in total. The standard InChI is InChI=1S/C9H20N2O3S/c1-8-3-5-9(12,6-4-8)7-11-15(13,14)10-2/h8,10-12H,3-7H2,1-2H3. The molecule has 6 heteroatoms. The van der Waals surface area contributed by atoms with Crippen LogP contribution in [0.1, 0.15) is 32.6 Å². The minimum Gasteiger partial charge on any atom is -0.389 e. The summed E-state index contributed by atoms with van der Waals surface area (Å²) in [4.78, 5) is 0. The van der Waals surface area contributed by atoms with Gasteiger partial charge in [0.05, 0.1) is 5.60 Å². The molecule has 0 radical (unpaired) electrons. The summed E-state index contributed by atoms with van der Waals surface area (Å²) >= 11 is 0. The summed E-state index contributed by atoms with van der Waals surface area (Å²) in [6, 6.07) is 0. The van der Waals surface area contributed by atoms with Crippen LogP contribution in [0.4, 0.5) is 0 Å². The normalized spacial score (nSPS) is 32.9. The Kier molecular flexibility index (Phi) is 4.11. The maximum Gasteiger partial charge on any atom is 0.276 e. The minimum absolute atomic E-state index is 0.100. The van der Waals surface area contributed by atoms with Gasteiger partial charge in [-0.25, -0.2) is 4.72 Å². The minimum atomic E-state index is -3.43. The zero-order valence-corrected chi connectivity index (χ0v) is 10.1. The van der Waals surface area contributed by atoms with E-state index in [0.29, 0.717) is 18.8 Å². The molecule has 0 aromatic rings. The van der Waals surface area contributed by atoms with E-state index in [1.54, 1.807) is 0 Å². The van der Waals surface area contributed by atoms with Crippen LogP contribution in [-0.2, 0) is 10.2 Å². The topological polar surface area (TPSA) is 78.4 Å². The molecule has 90 valence electrons. The first-order valence-electron chi connectivity index (χ1n) is 5.27. The number of aliphatic hydroxyl groups is 1. The van der Waals surface area contributed by atoms with Crippen molar-refractivity contribution in [2.75, 3.05) is 13.6 Å². The fourth-order valence-electron chi connectivity index (χ4n) is 1.78. The first kappa shape index (κ1) is 12.9. The molecule has 1 fully saturated rings. The Hall–Kier alpha value is -0.170. The Morgan fingerprint density at radius 2 is 1.93 bits per heavy atom. The molecule has 1 saturated carbocycles. The Morgan fingerprint density at radius 1 is 1.40 bits per heavy atom. The number of hydrogen-bond acceptors (Lipinski definition) is 3. The average molecular weight is 236 g/mol. The van der Waals surface area contributed by atoms with E-state index in [1.807, 2.05) is 0 Å². The van der Waals surface area contributed by atoms with Crippen LogP contribution in [0.2, 0.25) is 0 Å². The highest BCUT2D eigenvalue weighted by Crippen LogP contribution is 2.31. The van der Waals surface area contributed by atoms with Crippen molar-refractivity contribution in [2.45, 2.75) is 38.2 Å². The monoisotopic (exact) mass is 236 g/mol. The maximum atomic E-state index is 11.1. The molecule has 0 heterocycles. The molecule has 0 bridgehead atoms. The van der Waals surface area contributed by atoms with Crippen LogP contribution in [0.5, 0.6) is 0 Å². The highest BCUT2D eigenvalue weighted by molar-refractivity contribution is 7.87. The Balaban J connectivity index is 2.44. The van der Waals surface area contributed by atoms with Crippen molar-refractivity contribution in [3.63, 3.8) is 0 Å². The zero-order valence-electron chi connectivity index (χ0n) is 9.28. The van der Waals surface area contributed by atoms with Crippen molar-refractivity contribution in [1.29, 1.82) is 0 Å². The zero-order chi connectivity index (χ0) is 11.5. The number of nitrogens with one attached hydrogen (secondary N) is 2. The Bertz CT molecular complexity index is 294. The fraction of sp³-hybridized carbons (Fsp3) is 1.00. The molecule has 0 aromatic heterocycles. The van der Waals surface area contributed by atoms with E-state index >= 15 is 0 Å². The third-order valence-electron chi connectivity index (χ3n) is 3.06. The molecule has 0 aliphatic heterocycles. The van der Waals surface area contributed by atoms with Gasteiger partial charge in [0.1, 0.15) is 0 Å². The van der Waals surface area contributed by atoms with Gasteiger partial charge in [0.25, 0.3) is 10.2 Å². The van der Waals surface area contributed by atoms with Crippen LogP contribution in [0.25, 0.3) is 0 Å². The number of rotatable bonds is 4. The Labute approximate surface area is 91.4 Å². The maximum absolute atomic E-state index is 11.1. The van der Waals surface area contributed by atoms with Crippen molar-refractivity contribution >= 4 is 10.2 Å². The van der Waals surface area contributed by atoms with E-state index in [9.17, 15) is 13.5 Å². The van der Waals surface area contributed by atoms with Gasteiger partial charge in [-0.15, -0.1) is 0 Å². The van der Waals surface area contributed by atoms with Gasteiger partial charge < -0.3 is 5.11 Å². The SMILES string of the molecule is CNS(=O)(=O)NCC1(O)CCC(C)CC1. The molecule has 0 unspecified atom stereocenters. The lowest BCUT2D eigenvalue weighted by atomic mass is 9.80. The van der Waals surface area contributed by atoms with Crippen molar-refractivity contribution in [2.24, 2.45) is 5.92 Å². The van der Waals surface area contributed by atoms with Gasteiger partial charge in [-0.3, -0.25) is 0 Å². The van der Waals surface area contributed by atoms with Gasteiger partial charge in [0, 0.05) is 13.6 Å². The first-order chi connectivity index (χ1) is 6.87. The molecular formula is C9H20N2O3S. The van der Waals surface area contributed by atoms with Gasteiger partial charge in [-0.1, -0.05) is 6.92 Å². The predicted molar refractivity (Wildman–Crippen MR) is 58.6 cm³/mol. The number of hydrogen-bond donors (Lipinski definition) is 3. The van der Waals surface area contributed by atoms with Crippen molar-refractivity contribution < 1.29 is 13.5 Å². The van der Waals surface area contributed by atoms with Crippen molar-refractivity contribution in [3.8, 4) is 0 Å². The highest BCUT2D eigenvalue weighted by Gasteiger charge is 2.32. The third kappa shape index (κ3) is 4.06. The van der Waals surface area contributed by atoms with Crippen molar-refractivity contribution in [1.82, 2.24) is 9.44 Å². The smallest absolute Gasteiger partial charge is 0.276 e. The summed E-state index contributed by atoms with van der Waals surface area (Å²) in [6.07, 6.45) is 3.25. The Morgan fingerprint density at radius 3 is 2.40 bits per heavy atom. The second-order valence-electron chi connectivity index (χ2n) is 4.44. The highest BCUT2D eigenvalue weighted by atomic mass is 32.2. The van der Waals surface area contributed by atoms with Gasteiger partial charge >= 0.3 is 0 Å². The molecule has 1 rings (SSSR count). The van der Waals surface area contributed by atoms with E-state index in [0.717, 1.165) is 12.8 Å². The molecule has 1 aliphatic carbocycles. The summed E-state index contributed by atoms with van der Waals surface area (Å²) in [7, 11) is -2.09. The molecule has 15 heavy (non-hydrogen) atoms. The molecule has 0 spiro atoms. The van der Waals surface area contributed by atoms with Gasteiger partial charge in [0.2, 0.25) is 0 Å².